The Morgan fingerprint density at radius 1 is 1.40 bits per heavy atom. The third kappa shape index (κ3) is 3.14. The van der Waals surface area contributed by atoms with E-state index in [1.54, 1.807) is 32.2 Å². The van der Waals surface area contributed by atoms with Gasteiger partial charge >= 0.3 is 5.97 Å². The summed E-state index contributed by atoms with van der Waals surface area (Å²) in [5, 5.41) is 8.85. The van der Waals surface area contributed by atoms with E-state index in [4.69, 9.17) is 19.0 Å². The summed E-state index contributed by atoms with van der Waals surface area (Å²) in [5.41, 5.74) is 0.699. The van der Waals surface area contributed by atoms with Crippen LogP contribution in [0.25, 0.3) is 0 Å². The summed E-state index contributed by atoms with van der Waals surface area (Å²) in [6.45, 7) is 1.93. The zero-order valence-corrected chi connectivity index (χ0v) is 12.6. The third-order valence-corrected chi connectivity index (χ3v) is 3.37. The van der Waals surface area contributed by atoms with Gasteiger partial charge in [0.25, 0.3) is 0 Å². The van der Waals surface area contributed by atoms with Crippen LogP contribution in [0.2, 0.25) is 0 Å². The second-order valence-electron chi connectivity index (χ2n) is 4.08. The maximum absolute atomic E-state index is 10.8. The van der Waals surface area contributed by atoms with E-state index >= 15 is 0 Å². The molecule has 0 unspecified atom stereocenters. The molecule has 20 heavy (non-hydrogen) atoms. The van der Waals surface area contributed by atoms with Crippen molar-refractivity contribution in [2.75, 3.05) is 7.11 Å². The molecule has 106 valence electrons. The Balaban J connectivity index is 2.10. The summed E-state index contributed by atoms with van der Waals surface area (Å²) in [6, 6.07) is 6.82. The van der Waals surface area contributed by atoms with Gasteiger partial charge in [0.15, 0.2) is 0 Å². The van der Waals surface area contributed by atoms with Gasteiger partial charge in [-0.3, -0.25) is 0 Å². The topological polar surface area (TPSA) is 68.9 Å². The summed E-state index contributed by atoms with van der Waals surface area (Å²) in [5.74, 6) is 0.715. The standard InChI is InChI=1S/C14H13BrO5/c1-8-9(5-13(20-8)14(16)17)7-19-12-4-3-10(18-2)6-11(12)15/h3-6H,7H2,1-2H3,(H,16,17). The predicted molar refractivity (Wildman–Crippen MR) is 75.4 cm³/mol. The van der Waals surface area contributed by atoms with E-state index in [2.05, 4.69) is 15.9 Å². The fraction of sp³-hybridized carbons (Fsp3) is 0.214. The molecular weight excluding hydrogens is 328 g/mol. The van der Waals surface area contributed by atoms with E-state index in [1.165, 1.54) is 6.07 Å². The van der Waals surface area contributed by atoms with Crippen molar-refractivity contribution < 1.29 is 23.8 Å². The minimum Gasteiger partial charge on any atom is -0.497 e. The summed E-state index contributed by atoms with van der Waals surface area (Å²) < 4.78 is 16.6. The number of benzene rings is 1. The largest absolute Gasteiger partial charge is 0.497 e. The molecule has 2 rings (SSSR count). The van der Waals surface area contributed by atoms with Gasteiger partial charge < -0.3 is 19.0 Å². The monoisotopic (exact) mass is 340 g/mol. The Labute approximate surface area is 124 Å². The molecule has 6 heteroatoms. The van der Waals surface area contributed by atoms with Crippen molar-refractivity contribution >= 4 is 21.9 Å². The fourth-order valence-corrected chi connectivity index (χ4v) is 2.12. The number of methoxy groups -OCH3 is 1. The molecule has 1 N–H and O–H groups in total. The van der Waals surface area contributed by atoms with Gasteiger partial charge in [-0.05, 0) is 47.1 Å². The van der Waals surface area contributed by atoms with Gasteiger partial charge in [-0.25, -0.2) is 4.79 Å². The Hall–Kier alpha value is -1.95. The molecule has 0 radical (unpaired) electrons. The number of aromatic carboxylic acids is 1. The van der Waals surface area contributed by atoms with Gasteiger partial charge in [0.1, 0.15) is 23.9 Å². The second kappa shape index (κ2) is 6.00. The molecule has 0 aliphatic rings. The van der Waals surface area contributed by atoms with Gasteiger partial charge in [-0.1, -0.05) is 0 Å². The highest BCUT2D eigenvalue weighted by atomic mass is 79.9. The Bertz CT molecular complexity index is 632. The summed E-state index contributed by atoms with van der Waals surface area (Å²) in [4.78, 5) is 10.8. The smallest absolute Gasteiger partial charge is 0.371 e. The van der Waals surface area contributed by atoms with E-state index in [-0.39, 0.29) is 12.4 Å². The number of ether oxygens (including phenoxy) is 2. The van der Waals surface area contributed by atoms with Gasteiger partial charge in [-0.2, -0.15) is 0 Å². The van der Waals surface area contributed by atoms with E-state index in [9.17, 15) is 4.79 Å². The van der Waals surface area contributed by atoms with Crippen molar-refractivity contribution in [2.45, 2.75) is 13.5 Å². The lowest BCUT2D eigenvalue weighted by atomic mass is 10.2. The van der Waals surface area contributed by atoms with Crippen LogP contribution in [-0.2, 0) is 6.61 Å². The number of hydrogen-bond acceptors (Lipinski definition) is 4. The van der Waals surface area contributed by atoms with Crippen LogP contribution >= 0.6 is 15.9 Å². The van der Waals surface area contributed by atoms with Crippen molar-refractivity contribution in [2.24, 2.45) is 0 Å². The molecule has 1 aromatic heterocycles. The normalized spacial score (nSPS) is 10.3. The van der Waals surface area contributed by atoms with Crippen LogP contribution in [0.4, 0.5) is 0 Å². The molecule has 1 aromatic carbocycles. The molecule has 0 bridgehead atoms. The highest BCUT2D eigenvalue weighted by molar-refractivity contribution is 9.10. The van der Waals surface area contributed by atoms with E-state index < -0.39 is 5.97 Å². The summed E-state index contributed by atoms with van der Waals surface area (Å²) in [7, 11) is 1.59. The highest BCUT2D eigenvalue weighted by Gasteiger charge is 2.14. The zero-order chi connectivity index (χ0) is 14.7. The first kappa shape index (κ1) is 14.5. The number of hydrogen-bond donors (Lipinski definition) is 1. The van der Waals surface area contributed by atoms with Gasteiger partial charge in [0, 0.05) is 5.56 Å². The number of carboxylic acid groups (broad SMARTS) is 1. The number of furan rings is 1. The molecule has 1 heterocycles. The number of halogens is 1. The van der Waals surface area contributed by atoms with Crippen LogP contribution in [0, 0.1) is 6.92 Å². The van der Waals surface area contributed by atoms with Gasteiger partial charge in [0.2, 0.25) is 5.76 Å². The predicted octanol–water partition coefficient (Wildman–Crippen LogP) is 3.64. The van der Waals surface area contributed by atoms with Crippen LogP contribution in [0.5, 0.6) is 11.5 Å². The lowest BCUT2D eigenvalue weighted by molar-refractivity contribution is 0.0661. The van der Waals surface area contributed by atoms with Crippen molar-refractivity contribution in [1.82, 2.24) is 0 Å². The lowest BCUT2D eigenvalue weighted by Crippen LogP contribution is -1.97. The number of rotatable bonds is 5. The Morgan fingerprint density at radius 2 is 2.15 bits per heavy atom. The van der Waals surface area contributed by atoms with Crippen molar-refractivity contribution in [3.05, 3.63) is 45.8 Å². The van der Waals surface area contributed by atoms with Crippen LogP contribution < -0.4 is 9.47 Å². The molecule has 0 saturated carbocycles. The average Bonchev–Trinajstić information content (AvgIpc) is 2.79. The first-order valence-electron chi connectivity index (χ1n) is 5.80. The summed E-state index contributed by atoms with van der Waals surface area (Å²) >= 11 is 3.39. The number of aryl methyl sites for hydroxylation is 1. The minimum atomic E-state index is -1.09. The molecule has 0 aliphatic heterocycles. The SMILES string of the molecule is COc1ccc(OCc2cc(C(=O)O)oc2C)c(Br)c1. The van der Waals surface area contributed by atoms with Crippen molar-refractivity contribution in [3.63, 3.8) is 0 Å². The second-order valence-corrected chi connectivity index (χ2v) is 4.94. The van der Waals surface area contributed by atoms with E-state index in [0.717, 1.165) is 10.2 Å². The molecule has 0 saturated heterocycles. The molecule has 0 amide bonds. The Morgan fingerprint density at radius 3 is 2.70 bits per heavy atom. The third-order valence-electron chi connectivity index (χ3n) is 2.75. The maximum atomic E-state index is 10.8. The minimum absolute atomic E-state index is 0.0881. The van der Waals surface area contributed by atoms with Crippen molar-refractivity contribution in [3.8, 4) is 11.5 Å². The quantitative estimate of drug-likeness (QED) is 0.899. The summed E-state index contributed by atoms with van der Waals surface area (Å²) in [6.07, 6.45) is 0. The lowest BCUT2D eigenvalue weighted by Gasteiger charge is -2.08. The van der Waals surface area contributed by atoms with Gasteiger partial charge in [-0.15, -0.1) is 0 Å². The first-order chi connectivity index (χ1) is 9.51. The van der Waals surface area contributed by atoms with Crippen molar-refractivity contribution in [1.29, 1.82) is 0 Å². The maximum Gasteiger partial charge on any atom is 0.371 e. The molecular formula is C14H13BrO5. The fourth-order valence-electron chi connectivity index (χ4n) is 1.65. The molecule has 0 spiro atoms. The van der Waals surface area contributed by atoms with Crippen LogP contribution in [-0.4, -0.2) is 18.2 Å². The van der Waals surface area contributed by atoms with Crippen LogP contribution in [0.1, 0.15) is 21.9 Å². The average molecular weight is 341 g/mol. The highest BCUT2D eigenvalue weighted by Crippen LogP contribution is 2.30. The van der Waals surface area contributed by atoms with Gasteiger partial charge in [0.05, 0.1) is 11.6 Å². The molecule has 0 atom stereocenters. The molecule has 5 nitrogen and oxygen atoms in total. The van der Waals surface area contributed by atoms with E-state index in [1.807, 2.05) is 0 Å². The number of carboxylic acids is 1. The molecule has 2 aromatic rings. The van der Waals surface area contributed by atoms with E-state index in [0.29, 0.717) is 17.1 Å². The van der Waals surface area contributed by atoms with Crippen LogP contribution in [0.15, 0.2) is 33.2 Å². The molecule has 0 fully saturated rings. The zero-order valence-electron chi connectivity index (χ0n) is 11.0. The van der Waals surface area contributed by atoms with Crippen LogP contribution in [0.3, 0.4) is 0 Å². The number of carbonyl (C=O) groups is 1. The molecule has 0 aliphatic carbocycles. The Kier molecular flexibility index (Phi) is 4.34. The first-order valence-corrected chi connectivity index (χ1v) is 6.59.